The van der Waals surface area contributed by atoms with E-state index in [9.17, 15) is 0 Å². The van der Waals surface area contributed by atoms with Crippen LogP contribution < -0.4 is 0 Å². The van der Waals surface area contributed by atoms with E-state index in [1.165, 1.54) is 0 Å². The molecule has 0 saturated carbocycles. The second-order valence-corrected chi connectivity index (χ2v) is 16.9. The zero-order valence-corrected chi connectivity index (χ0v) is 34.6. The Labute approximate surface area is 350 Å². The zero-order chi connectivity index (χ0) is 39.8. The number of thioether (sulfide) groups is 2. The second kappa shape index (κ2) is 18.4. The van der Waals surface area contributed by atoms with Crippen molar-refractivity contribution in [2.45, 2.75) is 49.3 Å². The van der Waals surface area contributed by atoms with Gasteiger partial charge in [-0.1, -0.05) is 184 Å². The average Bonchev–Trinajstić information content (AvgIpc) is 3.27. The van der Waals surface area contributed by atoms with Gasteiger partial charge in [0.2, 0.25) is 0 Å². The molecule has 0 aliphatic rings. The Hall–Kier alpha value is -5.42. The molecule has 0 spiro atoms. The molecule has 0 amide bonds. The molecule has 0 heterocycles. The third kappa shape index (κ3) is 8.55. The van der Waals surface area contributed by atoms with Crippen molar-refractivity contribution in [1.29, 1.82) is 0 Å². The van der Waals surface area contributed by atoms with Crippen LogP contribution in [0, 0.1) is 11.6 Å². The quantitative estimate of drug-likeness (QED) is 0.0794. The van der Waals surface area contributed by atoms with E-state index in [2.05, 4.69) is 111 Å². The Morgan fingerprint density at radius 3 is 1.00 bits per heavy atom. The summed E-state index contributed by atoms with van der Waals surface area (Å²) in [6.07, 6.45) is 4.27. The van der Waals surface area contributed by atoms with Crippen molar-refractivity contribution in [2.75, 3.05) is 11.5 Å². The molecule has 0 radical (unpaired) electrons. The van der Waals surface area contributed by atoms with E-state index in [0.29, 0.717) is 11.1 Å². The van der Waals surface area contributed by atoms with E-state index >= 15 is 8.78 Å². The number of hydrogen-bond donors (Lipinski definition) is 0. The standard InChI is InChI=1S/C54H46F2S2/c1-3-5-33-57-53-47(45-27-25-43(35-51(45)55)41-21-17-39(18-22-41)37-13-9-7-10-14-37)29-32-50-49(53)31-30-48(54(50)58-34-6-4-2)46-28-26-44(36-52(46)56)42-23-19-40(20-24-42)38-15-11-8-12-16-38/h7-32,35-36H,3-6,33-34H2,1-2H3. The summed E-state index contributed by atoms with van der Waals surface area (Å²) < 4.78 is 32.7. The molecule has 0 N–H and O–H groups in total. The molecule has 288 valence electrons. The van der Waals surface area contributed by atoms with Crippen LogP contribution >= 0.6 is 23.5 Å². The molecule has 8 rings (SSSR count). The Morgan fingerprint density at radius 1 is 0.345 bits per heavy atom. The average molecular weight is 797 g/mol. The van der Waals surface area contributed by atoms with Gasteiger partial charge in [0.05, 0.1) is 0 Å². The van der Waals surface area contributed by atoms with Gasteiger partial charge in [-0.25, -0.2) is 8.78 Å². The first-order valence-corrected chi connectivity index (χ1v) is 22.3. The SMILES string of the molecule is CCCCSc1c(-c2ccc(-c3ccc(-c4ccccc4)cc3)cc2F)ccc2c(SCCCC)c(-c3ccc(-c4ccc(-c5ccccc5)cc4)cc3F)ccc12. The summed E-state index contributed by atoms with van der Waals surface area (Å²) in [6.45, 7) is 4.40. The van der Waals surface area contributed by atoms with Gasteiger partial charge in [0, 0.05) is 20.9 Å². The molecular weight excluding hydrogens is 751 g/mol. The van der Waals surface area contributed by atoms with Gasteiger partial charge in [-0.2, -0.15) is 0 Å². The van der Waals surface area contributed by atoms with Crippen LogP contribution in [-0.4, -0.2) is 11.5 Å². The molecule has 0 unspecified atom stereocenters. The van der Waals surface area contributed by atoms with Crippen LogP contribution in [0.1, 0.15) is 39.5 Å². The van der Waals surface area contributed by atoms with Crippen molar-refractivity contribution in [3.8, 4) is 66.8 Å². The highest BCUT2D eigenvalue weighted by atomic mass is 32.2. The Balaban J connectivity index is 1.16. The van der Waals surface area contributed by atoms with Crippen molar-refractivity contribution in [3.05, 3.63) is 181 Å². The van der Waals surface area contributed by atoms with Crippen LogP contribution in [0.25, 0.3) is 77.5 Å². The highest BCUT2D eigenvalue weighted by Gasteiger charge is 2.20. The van der Waals surface area contributed by atoms with E-state index in [0.717, 1.165) is 113 Å². The summed E-state index contributed by atoms with van der Waals surface area (Å²) in [5.74, 6) is 1.37. The van der Waals surface area contributed by atoms with Crippen molar-refractivity contribution >= 4 is 34.3 Å². The smallest absolute Gasteiger partial charge is 0.131 e. The lowest BCUT2D eigenvalue weighted by Gasteiger charge is -2.19. The predicted octanol–water partition coefficient (Wildman–Crippen LogP) is 16.9. The topological polar surface area (TPSA) is 0 Å². The van der Waals surface area contributed by atoms with E-state index in [-0.39, 0.29) is 11.6 Å². The molecule has 58 heavy (non-hydrogen) atoms. The largest absolute Gasteiger partial charge is 0.206 e. The van der Waals surface area contributed by atoms with E-state index in [1.54, 1.807) is 35.7 Å². The van der Waals surface area contributed by atoms with Gasteiger partial charge in [0.1, 0.15) is 11.6 Å². The monoisotopic (exact) mass is 796 g/mol. The maximum atomic E-state index is 16.3. The first kappa shape index (κ1) is 39.4. The third-order valence-corrected chi connectivity index (χ3v) is 13.2. The molecular formula is C54H46F2S2. The Bertz CT molecular complexity index is 2450. The van der Waals surface area contributed by atoms with Crippen LogP contribution in [0.15, 0.2) is 180 Å². The van der Waals surface area contributed by atoms with Crippen molar-refractivity contribution in [3.63, 3.8) is 0 Å². The molecule has 0 atom stereocenters. The van der Waals surface area contributed by atoms with Gasteiger partial charge in [-0.3, -0.25) is 0 Å². The fourth-order valence-electron chi connectivity index (χ4n) is 7.52. The number of rotatable bonds is 14. The summed E-state index contributed by atoms with van der Waals surface area (Å²) in [6, 6.07) is 56.9. The first-order chi connectivity index (χ1) is 28.5. The lowest BCUT2D eigenvalue weighted by Crippen LogP contribution is -1.95. The van der Waals surface area contributed by atoms with Crippen LogP contribution in [0.5, 0.6) is 0 Å². The third-order valence-electron chi connectivity index (χ3n) is 10.8. The Morgan fingerprint density at radius 2 is 0.655 bits per heavy atom. The first-order valence-electron chi connectivity index (χ1n) is 20.3. The van der Waals surface area contributed by atoms with E-state index in [4.69, 9.17) is 0 Å². The molecule has 8 aromatic carbocycles. The number of halogens is 2. The summed E-state index contributed by atoms with van der Waals surface area (Å²) >= 11 is 3.59. The van der Waals surface area contributed by atoms with Crippen LogP contribution in [0.2, 0.25) is 0 Å². The predicted molar refractivity (Wildman–Crippen MR) is 248 cm³/mol. The summed E-state index contributed by atoms with van der Waals surface area (Å²) in [5, 5.41) is 2.16. The van der Waals surface area contributed by atoms with Gasteiger partial charge in [0.15, 0.2) is 0 Å². The van der Waals surface area contributed by atoms with Crippen LogP contribution in [-0.2, 0) is 0 Å². The zero-order valence-electron chi connectivity index (χ0n) is 33.0. The normalized spacial score (nSPS) is 11.3. The molecule has 0 bridgehead atoms. The van der Waals surface area contributed by atoms with Crippen molar-refractivity contribution in [1.82, 2.24) is 0 Å². The van der Waals surface area contributed by atoms with Gasteiger partial charge in [-0.05, 0) is 103 Å². The number of hydrogen-bond acceptors (Lipinski definition) is 2. The molecule has 0 saturated heterocycles. The van der Waals surface area contributed by atoms with Gasteiger partial charge < -0.3 is 0 Å². The van der Waals surface area contributed by atoms with E-state index < -0.39 is 0 Å². The highest BCUT2D eigenvalue weighted by Crippen LogP contribution is 2.46. The molecule has 0 fully saturated rings. The minimum absolute atomic E-state index is 0.243. The Kier molecular flexibility index (Phi) is 12.5. The number of fused-ring (bicyclic) bond motifs is 1. The fraction of sp³-hybridized carbons (Fsp3) is 0.148. The molecule has 0 aromatic heterocycles. The minimum atomic E-state index is -0.243. The lowest BCUT2D eigenvalue weighted by atomic mass is 9.94. The van der Waals surface area contributed by atoms with Crippen LogP contribution in [0.4, 0.5) is 8.78 Å². The lowest BCUT2D eigenvalue weighted by molar-refractivity contribution is 0.631. The second-order valence-electron chi connectivity index (χ2n) is 14.7. The number of unbranched alkanes of at least 4 members (excludes halogenated alkanes) is 2. The minimum Gasteiger partial charge on any atom is -0.206 e. The molecule has 0 aliphatic heterocycles. The van der Waals surface area contributed by atoms with Crippen molar-refractivity contribution in [2.24, 2.45) is 0 Å². The van der Waals surface area contributed by atoms with Gasteiger partial charge in [-0.15, -0.1) is 23.5 Å². The van der Waals surface area contributed by atoms with Gasteiger partial charge in [0.25, 0.3) is 0 Å². The summed E-state index contributed by atoms with van der Waals surface area (Å²) in [7, 11) is 0. The van der Waals surface area contributed by atoms with Crippen molar-refractivity contribution < 1.29 is 8.78 Å². The van der Waals surface area contributed by atoms with Gasteiger partial charge >= 0.3 is 0 Å². The molecule has 0 nitrogen and oxygen atoms in total. The molecule has 4 heteroatoms. The van der Waals surface area contributed by atoms with E-state index in [1.807, 2.05) is 60.7 Å². The fourth-order valence-corrected chi connectivity index (χ4v) is 10.1. The highest BCUT2D eigenvalue weighted by molar-refractivity contribution is 8.00. The number of benzene rings is 8. The van der Waals surface area contributed by atoms with Crippen LogP contribution in [0.3, 0.4) is 0 Å². The maximum absolute atomic E-state index is 16.3. The summed E-state index contributed by atoms with van der Waals surface area (Å²) in [5.41, 5.74) is 11.2. The molecule has 0 aliphatic carbocycles. The molecule has 8 aromatic rings. The maximum Gasteiger partial charge on any atom is 0.131 e. The summed E-state index contributed by atoms with van der Waals surface area (Å²) in [4.78, 5) is 2.15.